The number of carbonyl (C=O) groups is 1. The molecule has 0 spiro atoms. The van der Waals surface area contributed by atoms with Crippen LogP contribution in [-0.4, -0.2) is 11.1 Å². The summed E-state index contributed by atoms with van der Waals surface area (Å²) in [5.74, 6) is 0.620. The normalized spacial score (nSPS) is 11.8. The summed E-state index contributed by atoms with van der Waals surface area (Å²) in [5, 5.41) is 10.2. The van der Waals surface area contributed by atoms with E-state index in [1.54, 1.807) is 19.9 Å². The molecule has 0 fully saturated rings. The van der Waals surface area contributed by atoms with E-state index in [0.29, 0.717) is 18.1 Å². The Bertz CT molecular complexity index is 456. The monoisotopic (exact) mass is 278 g/mol. The topological polar surface area (TPSA) is 46.5 Å². The molecule has 0 aromatic heterocycles. The molecule has 20 heavy (non-hydrogen) atoms. The molecule has 1 rings (SSSR count). The highest BCUT2D eigenvalue weighted by Crippen LogP contribution is 2.29. The minimum atomic E-state index is -0.949. The summed E-state index contributed by atoms with van der Waals surface area (Å²) < 4.78 is 5.39. The lowest BCUT2D eigenvalue weighted by Crippen LogP contribution is -2.17. The van der Waals surface area contributed by atoms with Crippen LogP contribution in [0.15, 0.2) is 18.2 Å². The van der Waals surface area contributed by atoms with Crippen molar-refractivity contribution in [1.29, 1.82) is 0 Å². The highest BCUT2D eigenvalue weighted by molar-refractivity contribution is 5.72. The zero-order valence-corrected chi connectivity index (χ0v) is 13.2. The van der Waals surface area contributed by atoms with Gasteiger partial charge in [-0.15, -0.1) is 0 Å². The van der Waals surface area contributed by atoms with Gasteiger partial charge in [0.25, 0.3) is 0 Å². The SMILES string of the molecule is CCCCC(=O)Oc1cc(C(C)C)cc(C(C)(C)O)c1. The molecule has 0 aliphatic carbocycles. The zero-order valence-electron chi connectivity index (χ0n) is 13.2. The van der Waals surface area contributed by atoms with Gasteiger partial charge in [-0.1, -0.05) is 33.3 Å². The van der Waals surface area contributed by atoms with Gasteiger partial charge in [0.1, 0.15) is 5.75 Å². The van der Waals surface area contributed by atoms with Crippen LogP contribution in [0.5, 0.6) is 5.75 Å². The summed E-state index contributed by atoms with van der Waals surface area (Å²) in [5.41, 5.74) is 0.875. The molecule has 0 aliphatic heterocycles. The number of carbonyl (C=O) groups excluding carboxylic acids is 1. The minimum absolute atomic E-state index is 0.213. The van der Waals surface area contributed by atoms with Crippen LogP contribution in [0.3, 0.4) is 0 Å². The quantitative estimate of drug-likeness (QED) is 0.628. The molecule has 3 heteroatoms. The van der Waals surface area contributed by atoms with Gasteiger partial charge in [-0.05, 0) is 49.4 Å². The second-order valence-corrected chi connectivity index (χ2v) is 6.08. The zero-order chi connectivity index (χ0) is 15.3. The largest absolute Gasteiger partial charge is 0.427 e. The summed E-state index contributed by atoms with van der Waals surface area (Å²) in [6.45, 7) is 9.65. The molecule has 0 heterocycles. The number of ether oxygens (including phenoxy) is 1. The van der Waals surface area contributed by atoms with Gasteiger partial charge >= 0.3 is 5.97 Å². The highest BCUT2D eigenvalue weighted by Gasteiger charge is 2.19. The van der Waals surface area contributed by atoms with E-state index < -0.39 is 5.60 Å². The maximum Gasteiger partial charge on any atom is 0.311 e. The van der Waals surface area contributed by atoms with Gasteiger partial charge in [0.15, 0.2) is 0 Å². The second kappa shape index (κ2) is 6.89. The molecular formula is C17H26O3. The summed E-state index contributed by atoms with van der Waals surface area (Å²) >= 11 is 0. The first-order valence-electron chi connectivity index (χ1n) is 7.32. The van der Waals surface area contributed by atoms with Crippen molar-refractivity contribution < 1.29 is 14.6 Å². The molecule has 0 atom stereocenters. The lowest BCUT2D eigenvalue weighted by molar-refractivity contribution is -0.134. The Labute approximate surface area is 122 Å². The average molecular weight is 278 g/mol. The molecule has 112 valence electrons. The van der Waals surface area contributed by atoms with Crippen molar-refractivity contribution >= 4 is 5.97 Å². The van der Waals surface area contributed by atoms with Gasteiger partial charge in [-0.3, -0.25) is 4.79 Å². The lowest BCUT2D eigenvalue weighted by Gasteiger charge is -2.21. The fourth-order valence-corrected chi connectivity index (χ4v) is 1.87. The van der Waals surface area contributed by atoms with Crippen LogP contribution in [0, 0.1) is 0 Å². The standard InChI is InChI=1S/C17H26O3/c1-6-7-8-16(18)20-15-10-13(12(2)3)9-14(11-15)17(4,5)19/h9-12,19H,6-8H2,1-5H3. The summed E-state index contributed by atoms with van der Waals surface area (Å²) in [6.07, 6.45) is 2.23. The molecule has 1 aromatic rings. The predicted octanol–water partition coefficient (Wildman–Crippen LogP) is 4.13. The number of rotatable bonds is 6. The maximum atomic E-state index is 11.7. The van der Waals surface area contributed by atoms with E-state index in [1.165, 1.54) is 0 Å². The number of unbranched alkanes of at least 4 members (excludes halogenated alkanes) is 1. The van der Waals surface area contributed by atoms with Crippen LogP contribution in [-0.2, 0) is 10.4 Å². The molecule has 0 amide bonds. The van der Waals surface area contributed by atoms with E-state index >= 15 is 0 Å². The van der Waals surface area contributed by atoms with Crippen LogP contribution in [0.4, 0.5) is 0 Å². The Morgan fingerprint density at radius 1 is 1.30 bits per heavy atom. The van der Waals surface area contributed by atoms with Crippen molar-refractivity contribution in [3.05, 3.63) is 29.3 Å². The molecule has 3 nitrogen and oxygen atoms in total. The molecule has 0 bridgehead atoms. The third-order valence-electron chi connectivity index (χ3n) is 3.27. The van der Waals surface area contributed by atoms with E-state index in [1.807, 2.05) is 19.1 Å². The molecular weight excluding hydrogens is 252 g/mol. The highest BCUT2D eigenvalue weighted by atomic mass is 16.5. The van der Waals surface area contributed by atoms with E-state index in [-0.39, 0.29) is 5.97 Å². The van der Waals surface area contributed by atoms with Crippen molar-refractivity contribution in [3.8, 4) is 5.75 Å². The van der Waals surface area contributed by atoms with Crippen LogP contribution in [0.2, 0.25) is 0 Å². The molecule has 0 saturated carbocycles. The van der Waals surface area contributed by atoms with Crippen LogP contribution < -0.4 is 4.74 Å². The first-order valence-corrected chi connectivity index (χ1v) is 7.32. The Kier molecular flexibility index (Phi) is 5.75. The molecule has 1 N–H and O–H groups in total. The molecule has 0 aliphatic rings. The number of benzene rings is 1. The maximum absolute atomic E-state index is 11.7. The van der Waals surface area contributed by atoms with Gasteiger partial charge in [0.05, 0.1) is 5.60 Å². The van der Waals surface area contributed by atoms with E-state index in [0.717, 1.165) is 24.0 Å². The van der Waals surface area contributed by atoms with Crippen molar-refractivity contribution in [3.63, 3.8) is 0 Å². The third kappa shape index (κ3) is 4.97. The van der Waals surface area contributed by atoms with Gasteiger partial charge < -0.3 is 9.84 Å². The second-order valence-electron chi connectivity index (χ2n) is 6.08. The summed E-state index contributed by atoms with van der Waals surface area (Å²) in [6, 6.07) is 5.59. The number of hydrogen-bond donors (Lipinski definition) is 1. The van der Waals surface area contributed by atoms with Gasteiger partial charge in [0.2, 0.25) is 0 Å². The minimum Gasteiger partial charge on any atom is -0.427 e. The van der Waals surface area contributed by atoms with Gasteiger partial charge in [-0.25, -0.2) is 0 Å². The number of aliphatic hydroxyl groups is 1. The van der Waals surface area contributed by atoms with E-state index in [9.17, 15) is 9.90 Å². The van der Waals surface area contributed by atoms with Crippen molar-refractivity contribution in [2.45, 2.75) is 65.4 Å². The molecule has 0 saturated heterocycles. The van der Waals surface area contributed by atoms with E-state index in [4.69, 9.17) is 4.74 Å². The summed E-state index contributed by atoms with van der Waals surface area (Å²) in [7, 11) is 0. The first-order chi connectivity index (χ1) is 9.24. The smallest absolute Gasteiger partial charge is 0.311 e. The Morgan fingerprint density at radius 2 is 1.95 bits per heavy atom. The Hall–Kier alpha value is -1.35. The third-order valence-corrected chi connectivity index (χ3v) is 3.27. The van der Waals surface area contributed by atoms with Crippen LogP contribution in [0.25, 0.3) is 0 Å². The molecule has 1 aromatic carbocycles. The van der Waals surface area contributed by atoms with Crippen LogP contribution >= 0.6 is 0 Å². The van der Waals surface area contributed by atoms with Crippen molar-refractivity contribution in [1.82, 2.24) is 0 Å². The fraction of sp³-hybridized carbons (Fsp3) is 0.588. The summed E-state index contributed by atoms with van der Waals surface area (Å²) in [4.78, 5) is 11.7. The number of hydrogen-bond acceptors (Lipinski definition) is 3. The lowest BCUT2D eigenvalue weighted by atomic mass is 9.92. The molecule has 0 radical (unpaired) electrons. The van der Waals surface area contributed by atoms with E-state index in [2.05, 4.69) is 13.8 Å². The van der Waals surface area contributed by atoms with Gasteiger partial charge in [0, 0.05) is 6.42 Å². The number of esters is 1. The van der Waals surface area contributed by atoms with Crippen LogP contribution in [0.1, 0.15) is 70.9 Å². The van der Waals surface area contributed by atoms with Gasteiger partial charge in [-0.2, -0.15) is 0 Å². The van der Waals surface area contributed by atoms with Crippen molar-refractivity contribution in [2.75, 3.05) is 0 Å². The Morgan fingerprint density at radius 3 is 2.45 bits per heavy atom. The van der Waals surface area contributed by atoms with Crippen molar-refractivity contribution in [2.24, 2.45) is 0 Å². The first kappa shape index (κ1) is 16.7. The Balaban J connectivity index is 3.01. The predicted molar refractivity (Wildman–Crippen MR) is 80.9 cm³/mol. The fourth-order valence-electron chi connectivity index (χ4n) is 1.87. The molecule has 0 unspecified atom stereocenters. The average Bonchev–Trinajstić information content (AvgIpc) is 2.34.